The monoisotopic (exact) mass is 275 g/mol. The smallest absolute Gasteiger partial charge is 0.307 e. The van der Waals surface area contributed by atoms with Crippen LogP contribution in [-0.2, 0) is 9.59 Å². The number of aryl methyl sites for hydroxylation is 1. The second-order valence-corrected chi connectivity index (χ2v) is 5.86. The summed E-state index contributed by atoms with van der Waals surface area (Å²) in [6.07, 6.45) is 1.25. The van der Waals surface area contributed by atoms with Crippen LogP contribution in [0.4, 0.5) is 5.69 Å². The first kappa shape index (κ1) is 14.6. The maximum atomic E-state index is 12.6. The molecule has 0 bridgehead atoms. The van der Waals surface area contributed by atoms with Gasteiger partial charge in [0.15, 0.2) is 0 Å². The van der Waals surface area contributed by atoms with Crippen LogP contribution in [0.3, 0.4) is 0 Å². The predicted molar refractivity (Wildman–Crippen MR) is 77.6 cm³/mol. The van der Waals surface area contributed by atoms with E-state index in [-0.39, 0.29) is 11.8 Å². The number of aliphatic carboxylic acids is 1. The van der Waals surface area contributed by atoms with Crippen molar-refractivity contribution in [1.82, 2.24) is 0 Å². The number of anilines is 1. The van der Waals surface area contributed by atoms with Gasteiger partial charge in [0.2, 0.25) is 5.91 Å². The summed E-state index contributed by atoms with van der Waals surface area (Å²) in [5, 5.41) is 9.27. The van der Waals surface area contributed by atoms with Crippen LogP contribution in [0.1, 0.15) is 25.3 Å². The molecule has 0 radical (unpaired) electrons. The molecule has 1 aromatic carbocycles. The van der Waals surface area contributed by atoms with Gasteiger partial charge >= 0.3 is 5.97 Å². The zero-order chi connectivity index (χ0) is 14.9. The van der Waals surface area contributed by atoms with Gasteiger partial charge < -0.3 is 10.0 Å². The molecule has 1 aromatic rings. The standard InChI is InChI=1S/C16H21NO3/c1-10-4-6-12(7-5-10)17(3)15(18)13-8-11(2)9-14(13)16(19)20/h4-7,11,13-14H,8-9H2,1-3H3,(H,19,20). The molecule has 0 aliphatic heterocycles. The van der Waals surface area contributed by atoms with Crippen LogP contribution >= 0.6 is 0 Å². The van der Waals surface area contributed by atoms with Crippen molar-refractivity contribution >= 4 is 17.6 Å². The van der Waals surface area contributed by atoms with Crippen molar-refractivity contribution < 1.29 is 14.7 Å². The van der Waals surface area contributed by atoms with Crippen molar-refractivity contribution in [2.45, 2.75) is 26.7 Å². The number of carbonyl (C=O) groups is 2. The Balaban J connectivity index is 2.17. The summed E-state index contributed by atoms with van der Waals surface area (Å²) in [6.45, 7) is 4.00. The Morgan fingerprint density at radius 2 is 1.70 bits per heavy atom. The molecule has 4 nitrogen and oxygen atoms in total. The molecule has 4 heteroatoms. The lowest BCUT2D eigenvalue weighted by Gasteiger charge is -2.23. The summed E-state index contributed by atoms with van der Waals surface area (Å²) < 4.78 is 0. The molecule has 1 N–H and O–H groups in total. The average Bonchev–Trinajstić information content (AvgIpc) is 2.80. The number of carboxylic acids is 1. The molecule has 1 aliphatic rings. The minimum absolute atomic E-state index is 0.0920. The molecule has 108 valence electrons. The summed E-state index contributed by atoms with van der Waals surface area (Å²) in [4.78, 5) is 25.4. The molecular weight excluding hydrogens is 254 g/mol. The van der Waals surface area contributed by atoms with Gasteiger partial charge in [0.05, 0.1) is 11.8 Å². The molecule has 3 unspecified atom stereocenters. The van der Waals surface area contributed by atoms with Crippen molar-refractivity contribution in [1.29, 1.82) is 0 Å². The van der Waals surface area contributed by atoms with E-state index < -0.39 is 17.8 Å². The molecule has 1 aliphatic carbocycles. The third kappa shape index (κ3) is 2.84. The SMILES string of the molecule is Cc1ccc(N(C)C(=O)C2CC(C)CC2C(=O)O)cc1. The normalized spacial score (nSPS) is 25.4. The Morgan fingerprint density at radius 3 is 2.25 bits per heavy atom. The minimum atomic E-state index is -0.856. The highest BCUT2D eigenvalue weighted by molar-refractivity contribution is 5.97. The van der Waals surface area contributed by atoms with E-state index in [2.05, 4.69) is 0 Å². The number of benzene rings is 1. The Kier molecular flexibility index (Phi) is 4.12. The van der Waals surface area contributed by atoms with E-state index in [1.165, 1.54) is 0 Å². The number of amides is 1. The van der Waals surface area contributed by atoms with Crippen LogP contribution in [0.25, 0.3) is 0 Å². The summed E-state index contributed by atoms with van der Waals surface area (Å²) in [6, 6.07) is 7.68. The Morgan fingerprint density at radius 1 is 1.15 bits per heavy atom. The summed E-state index contributed by atoms with van der Waals surface area (Å²) in [5.74, 6) is -1.62. The van der Waals surface area contributed by atoms with Gasteiger partial charge in [-0.2, -0.15) is 0 Å². The Labute approximate surface area is 119 Å². The van der Waals surface area contributed by atoms with Gasteiger partial charge in [-0.25, -0.2) is 0 Å². The van der Waals surface area contributed by atoms with Gasteiger partial charge in [0.1, 0.15) is 0 Å². The van der Waals surface area contributed by atoms with Crippen LogP contribution in [0.5, 0.6) is 0 Å². The molecular formula is C16H21NO3. The third-order valence-electron chi connectivity index (χ3n) is 4.18. The lowest BCUT2D eigenvalue weighted by molar-refractivity contribution is -0.145. The highest BCUT2D eigenvalue weighted by atomic mass is 16.4. The molecule has 0 spiro atoms. The van der Waals surface area contributed by atoms with Crippen molar-refractivity contribution in [3.63, 3.8) is 0 Å². The van der Waals surface area contributed by atoms with E-state index in [4.69, 9.17) is 0 Å². The zero-order valence-corrected chi connectivity index (χ0v) is 12.2. The molecule has 0 aromatic heterocycles. The molecule has 3 atom stereocenters. The lowest BCUT2D eigenvalue weighted by atomic mass is 9.94. The van der Waals surface area contributed by atoms with Crippen LogP contribution < -0.4 is 4.90 Å². The number of hydrogen-bond acceptors (Lipinski definition) is 2. The van der Waals surface area contributed by atoms with Gasteiger partial charge in [-0.05, 0) is 37.8 Å². The van der Waals surface area contributed by atoms with E-state index in [0.717, 1.165) is 11.3 Å². The number of carboxylic acid groups (broad SMARTS) is 1. The highest BCUT2D eigenvalue weighted by Gasteiger charge is 2.42. The van der Waals surface area contributed by atoms with E-state index in [1.54, 1.807) is 11.9 Å². The quantitative estimate of drug-likeness (QED) is 0.922. The topological polar surface area (TPSA) is 57.6 Å². The fourth-order valence-electron chi connectivity index (χ4n) is 2.98. The van der Waals surface area contributed by atoms with Gasteiger partial charge in [0, 0.05) is 12.7 Å². The van der Waals surface area contributed by atoms with Crippen molar-refractivity contribution in [3.05, 3.63) is 29.8 Å². The zero-order valence-electron chi connectivity index (χ0n) is 12.2. The largest absolute Gasteiger partial charge is 0.481 e. The summed E-state index contributed by atoms with van der Waals surface area (Å²) in [5.41, 5.74) is 1.94. The van der Waals surface area contributed by atoms with Crippen LogP contribution in [0, 0.1) is 24.7 Å². The van der Waals surface area contributed by atoms with E-state index in [9.17, 15) is 14.7 Å². The third-order valence-corrected chi connectivity index (χ3v) is 4.18. The Bertz CT molecular complexity index is 509. The number of nitrogens with zero attached hydrogens (tertiary/aromatic N) is 1. The highest BCUT2D eigenvalue weighted by Crippen LogP contribution is 2.38. The number of carbonyl (C=O) groups excluding carboxylic acids is 1. The van der Waals surface area contributed by atoms with Crippen LogP contribution in [-0.4, -0.2) is 24.0 Å². The van der Waals surface area contributed by atoms with Crippen molar-refractivity contribution in [2.75, 3.05) is 11.9 Å². The second-order valence-electron chi connectivity index (χ2n) is 5.86. The first-order valence-corrected chi connectivity index (χ1v) is 6.97. The van der Waals surface area contributed by atoms with Gasteiger partial charge in [0.25, 0.3) is 0 Å². The molecule has 0 saturated heterocycles. The minimum Gasteiger partial charge on any atom is -0.481 e. The molecule has 2 rings (SSSR count). The first-order chi connectivity index (χ1) is 9.40. The van der Waals surface area contributed by atoms with E-state index in [0.29, 0.717) is 12.8 Å². The predicted octanol–water partition coefficient (Wildman–Crippen LogP) is 2.70. The molecule has 0 heterocycles. The summed E-state index contributed by atoms with van der Waals surface area (Å²) >= 11 is 0. The van der Waals surface area contributed by atoms with E-state index >= 15 is 0 Å². The molecule has 1 saturated carbocycles. The summed E-state index contributed by atoms with van der Waals surface area (Å²) in [7, 11) is 1.72. The lowest BCUT2D eigenvalue weighted by Crippen LogP contribution is -2.36. The fraction of sp³-hybridized carbons (Fsp3) is 0.500. The number of hydrogen-bond donors (Lipinski definition) is 1. The van der Waals surface area contributed by atoms with Crippen LogP contribution in [0.2, 0.25) is 0 Å². The van der Waals surface area contributed by atoms with Gasteiger partial charge in [-0.1, -0.05) is 24.6 Å². The van der Waals surface area contributed by atoms with Crippen LogP contribution in [0.15, 0.2) is 24.3 Å². The fourth-order valence-corrected chi connectivity index (χ4v) is 2.98. The van der Waals surface area contributed by atoms with Gasteiger partial charge in [-0.15, -0.1) is 0 Å². The van der Waals surface area contributed by atoms with E-state index in [1.807, 2.05) is 38.1 Å². The number of rotatable bonds is 3. The van der Waals surface area contributed by atoms with Gasteiger partial charge in [-0.3, -0.25) is 9.59 Å². The first-order valence-electron chi connectivity index (χ1n) is 6.97. The molecule has 1 fully saturated rings. The average molecular weight is 275 g/mol. The van der Waals surface area contributed by atoms with Crippen molar-refractivity contribution in [2.24, 2.45) is 17.8 Å². The maximum Gasteiger partial charge on any atom is 0.307 e. The Hall–Kier alpha value is -1.84. The van der Waals surface area contributed by atoms with Crippen molar-refractivity contribution in [3.8, 4) is 0 Å². The molecule has 20 heavy (non-hydrogen) atoms. The second kappa shape index (κ2) is 5.65. The maximum absolute atomic E-state index is 12.6. The molecule has 1 amide bonds.